The van der Waals surface area contributed by atoms with Crippen LogP contribution in [0.2, 0.25) is 0 Å². The van der Waals surface area contributed by atoms with E-state index in [9.17, 15) is 4.79 Å². The van der Waals surface area contributed by atoms with Gasteiger partial charge in [0, 0.05) is 31.6 Å². The first-order chi connectivity index (χ1) is 6.20. The summed E-state index contributed by atoms with van der Waals surface area (Å²) in [6.07, 6.45) is 5.32. The van der Waals surface area contributed by atoms with Crippen molar-refractivity contribution in [1.82, 2.24) is 9.55 Å². The average Bonchev–Trinajstić information content (AvgIpc) is 2.45. The first-order valence-corrected chi connectivity index (χ1v) is 5.28. The van der Waals surface area contributed by atoms with E-state index in [1.54, 1.807) is 24.9 Å². The highest BCUT2D eigenvalue weighted by atomic mass is 32.2. The number of carbonyl (C=O) groups excluding carboxylic acids is 1. The zero-order valence-electron chi connectivity index (χ0n) is 7.99. The third-order valence-electron chi connectivity index (χ3n) is 1.68. The molecule has 0 aliphatic heterocycles. The van der Waals surface area contributed by atoms with Gasteiger partial charge in [0.25, 0.3) is 0 Å². The van der Waals surface area contributed by atoms with Crippen LogP contribution < -0.4 is 0 Å². The predicted molar refractivity (Wildman–Crippen MR) is 53.8 cm³/mol. The Labute approximate surface area is 82.5 Å². The molecular weight excluding hydrogens is 184 g/mol. The molecule has 0 amide bonds. The molecule has 1 heterocycles. The summed E-state index contributed by atoms with van der Waals surface area (Å²) in [6.45, 7) is 1.63. The molecule has 4 heteroatoms. The number of aryl methyl sites for hydroxylation is 1. The zero-order chi connectivity index (χ0) is 9.68. The van der Waals surface area contributed by atoms with Crippen molar-refractivity contribution in [2.45, 2.75) is 24.9 Å². The third kappa shape index (κ3) is 3.63. The van der Waals surface area contributed by atoms with Gasteiger partial charge in [0.2, 0.25) is 0 Å². The van der Waals surface area contributed by atoms with Gasteiger partial charge < -0.3 is 9.36 Å². The minimum atomic E-state index is 0.264. The summed E-state index contributed by atoms with van der Waals surface area (Å²) in [4.78, 5) is 14.8. The van der Waals surface area contributed by atoms with Gasteiger partial charge in [0.15, 0.2) is 5.16 Å². The van der Waals surface area contributed by atoms with Crippen molar-refractivity contribution in [2.24, 2.45) is 7.05 Å². The maximum Gasteiger partial charge on any atom is 0.167 e. The summed E-state index contributed by atoms with van der Waals surface area (Å²) < 4.78 is 1.98. The molecule has 13 heavy (non-hydrogen) atoms. The number of hydrogen-bond acceptors (Lipinski definition) is 3. The number of thioether (sulfide) groups is 1. The molecule has 0 N–H and O–H groups in total. The van der Waals surface area contributed by atoms with E-state index in [-0.39, 0.29) is 5.78 Å². The van der Waals surface area contributed by atoms with Crippen LogP contribution in [0.3, 0.4) is 0 Å². The second-order valence-corrected chi connectivity index (χ2v) is 4.04. The number of rotatable bonds is 5. The molecule has 0 spiro atoms. The SMILES string of the molecule is CC(=O)CCCSc1nccn1C. The Balaban J connectivity index is 2.20. The monoisotopic (exact) mass is 198 g/mol. The highest BCUT2D eigenvalue weighted by Crippen LogP contribution is 2.15. The van der Waals surface area contributed by atoms with E-state index in [1.165, 1.54) is 0 Å². The van der Waals surface area contributed by atoms with Crippen LogP contribution in [0.25, 0.3) is 0 Å². The minimum absolute atomic E-state index is 0.264. The van der Waals surface area contributed by atoms with Crippen LogP contribution in [0.5, 0.6) is 0 Å². The number of nitrogens with zero attached hydrogens (tertiary/aromatic N) is 2. The van der Waals surface area contributed by atoms with Crippen molar-refractivity contribution < 1.29 is 4.79 Å². The van der Waals surface area contributed by atoms with E-state index in [2.05, 4.69) is 4.98 Å². The summed E-state index contributed by atoms with van der Waals surface area (Å²) in [5.74, 6) is 1.23. The molecule has 0 fully saturated rings. The summed E-state index contributed by atoms with van der Waals surface area (Å²) in [7, 11) is 1.97. The summed E-state index contributed by atoms with van der Waals surface area (Å²) >= 11 is 1.70. The molecule has 0 atom stereocenters. The average molecular weight is 198 g/mol. The Hall–Kier alpha value is -0.770. The van der Waals surface area contributed by atoms with Crippen LogP contribution in [0.15, 0.2) is 17.6 Å². The molecule has 0 aromatic carbocycles. The van der Waals surface area contributed by atoms with Gasteiger partial charge in [-0.2, -0.15) is 0 Å². The van der Waals surface area contributed by atoms with Gasteiger partial charge in [-0.1, -0.05) is 11.8 Å². The molecule has 0 aliphatic carbocycles. The number of hydrogen-bond donors (Lipinski definition) is 0. The smallest absolute Gasteiger partial charge is 0.167 e. The molecule has 0 saturated carbocycles. The lowest BCUT2D eigenvalue weighted by Crippen LogP contribution is -1.93. The summed E-state index contributed by atoms with van der Waals surface area (Å²) in [5.41, 5.74) is 0. The Kier molecular flexibility index (Phi) is 4.02. The highest BCUT2D eigenvalue weighted by Gasteiger charge is 1.99. The second kappa shape index (κ2) is 5.07. The Morgan fingerprint density at radius 2 is 2.46 bits per heavy atom. The van der Waals surface area contributed by atoms with E-state index in [1.807, 2.05) is 17.8 Å². The van der Waals surface area contributed by atoms with Crippen LogP contribution in [-0.2, 0) is 11.8 Å². The van der Waals surface area contributed by atoms with Crippen molar-refractivity contribution in [3.63, 3.8) is 0 Å². The summed E-state index contributed by atoms with van der Waals surface area (Å²) in [6, 6.07) is 0. The Morgan fingerprint density at radius 1 is 1.69 bits per heavy atom. The van der Waals surface area contributed by atoms with Gasteiger partial charge in [0.05, 0.1) is 0 Å². The molecule has 0 bridgehead atoms. The Bertz CT molecular complexity index is 283. The molecule has 72 valence electrons. The lowest BCUT2D eigenvalue weighted by Gasteiger charge is -1.99. The van der Waals surface area contributed by atoms with Gasteiger partial charge >= 0.3 is 0 Å². The van der Waals surface area contributed by atoms with Crippen molar-refractivity contribution in [2.75, 3.05) is 5.75 Å². The predicted octanol–water partition coefficient (Wildman–Crippen LogP) is 1.88. The largest absolute Gasteiger partial charge is 0.329 e. The third-order valence-corrected chi connectivity index (χ3v) is 2.83. The lowest BCUT2D eigenvalue weighted by atomic mass is 10.3. The fourth-order valence-electron chi connectivity index (χ4n) is 0.976. The van der Waals surface area contributed by atoms with Gasteiger partial charge in [-0.05, 0) is 13.3 Å². The van der Waals surface area contributed by atoms with E-state index >= 15 is 0 Å². The molecule has 0 aliphatic rings. The first kappa shape index (κ1) is 10.3. The number of Topliss-reactive ketones (excluding diaryl/α,β-unsaturated/α-hetero) is 1. The normalized spacial score (nSPS) is 10.3. The molecule has 0 radical (unpaired) electrons. The van der Waals surface area contributed by atoms with Crippen LogP contribution in [0.4, 0.5) is 0 Å². The van der Waals surface area contributed by atoms with Crippen molar-refractivity contribution in [3.8, 4) is 0 Å². The number of aromatic nitrogens is 2. The van der Waals surface area contributed by atoms with Crippen LogP contribution in [0.1, 0.15) is 19.8 Å². The van der Waals surface area contributed by atoms with Gasteiger partial charge in [-0.15, -0.1) is 0 Å². The van der Waals surface area contributed by atoms with E-state index in [0.717, 1.165) is 17.3 Å². The zero-order valence-corrected chi connectivity index (χ0v) is 8.80. The topological polar surface area (TPSA) is 34.9 Å². The van der Waals surface area contributed by atoms with E-state index < -0.39 is 0 Å². The molecule has 1 rings (SSSR count). The molecule has 0 saturated heterocycles. The fourth-order valence-corrected chi connectivity index (χ4v) is 1.85. The van der Waals surface area contributed by atoms with Crippen molar-refractivity contribution in [1.29, 1.82) is 0 Å². The molecule has 3 nitrogen and oxygen atoms in total. The van der Waals surface area contributed by atoms with Crippen molar-refractivity contribution >= 4 is 17.5 Å². The van der Waals surface area contributed by atoms with Crippen LogP contribution in [0, 0.1) is 0 Å². The van der Waals surface area contributed by atoms with Gasteiger partial charge in [-0.25, -0.2) is 4.98 Å². The van der Waals surface area contributed by atoms with E-state index in [4.69, 9.17) is 0 Å². The molecule has 1 aromatic rings. The molecule has 1 aromatic heterocycles. The second-order valence-electron chi connectivity index (χ2n) is 2.97. The summed E-state index contributed by atoms with van der Waals surface area (Å²) in [5, 5.41) is 1.02. The number of carbonyl (C=O) groups is 1. The standard InChI is InChI=1S/C9H14N2OS/c1-8(12)4-3-7-13-9-10-5-6-11(9)2/h5-6H,3-4,7H2,1-2H3. The first-order valence-electron chi connectivity index (χ1n) is 4.29. The lowest BCUT2D eigenvalue weighted by molar-refractivity contribution is -0.117. The molecular formula is C9H14N2OS. The van der Waals surface area contributed by atoms with Gasteiger partial charge in [0.1, 0.15) is 5.78 Å². The maximum absolute atomic E-state index is 10.6. The fraction of sp³-hybridized carbons (Fsp3) is 0.556. The number of imidazole rings is 1. The Morgan fingerprint density at radius 3 is 3.00 bits per heavy atom. The quantitative estimate of drug-likeness (QED) is 0.535. The van der Waals surface area contributed by atoms with Crippen molar-refractivity contribution in [3.05, 3.63) is 12.4 Å². The minimum Gasteiger partial charge on any atom is -0.329 e. The number of ketones is 1. The molecule has 0 unspecified atom stereocenters. The van der Waals surface area contributed by atoms with Crippen LogP contribution >= 0.6 is 11.8 Å². The maximum atomic E-state index is 10.6. The highest BCUT2D eigenvalue weighted by molar-refractivity contribution is 7.99. The van der Waals surface area contributed by atoms with E-state index in [0.29, 0.717) is 6.42 Å². The van der Waals surface area contributed by atoms with Gasteiger partial charge in [-0.3, -0.25) is 0 Å². The van der Waals surface area contributed by atoms with Crippen LogP contribution in [-0.4, -0.2) is 21.1 Å².